The molecule has 0 spiro atoms. The molecule has 1 heterocycles. The average Bonchev–Trinajstić information content (AvgIpc) is 3.29. The van der Waals surface area contributed by atoms with Gasteiger partial charge in [-0.3, -0.25) is 15.5 Å². The number of hydrogen-bond donors (Lipinski definition) is 1. The molecule has 34 heavy (non-hydrogen) atoms. The maximum atomic E-state index is 14.1. The Balaban J connectivity index is 1.56. The monoisotopic (exact) mass is 496 g/mol. The summed E-state index contributed by atoms with van der Waals surface area (Å²) in [6, 6.07) is 16.9. The summed E-state index contributed by atoms with van der Waals surface area (Å²) in [6.45, 7) is 0. The number of nitrogens with one attached hydrogen (secondary N) is 1. The molecule has 0 saturated heterocycles. The van der Waals surface area contributed by atoms with Crippen molar-refractivity contribution in [2.75, 3.05) is 5.43 Å². The second kappa shape index (κ2) is 10.2. The van der Waals surface area contributed by atoms with Crippen molar-refractivity contribution in [1.29, 1.82) is 0 Å². The number of nitro groups is 1. The molecule has 0 bridgehead atoms. The molecule has 0 atom stereocenters. The summed E-state index contributed by atoms with van der Waals surface area (Å²) in [5.74, 6) is -1.97. The molecule has 0 unspecified atom stereocenters. The molecule has 0 radical (unpaired) electrons. The first-order valence-electron chi connectivity index (χ1n) is 9.67. The number of carbonyl (C=O) groups excluding carboxylic acids is 1. The summed E-state index contributed by atoms with van der Waals surface area (Å²) in [6.07, 6.45) is 1.24. The highest BCUT2D eigenvalue weighted by atomic mass is 35.5. The number of halogens is 2. The quantitative estimate of drug-likeness (QED) is 0.108. The highest BCUT2D eigenvalue weighted by Crippen LogP contribution is 2.27. The van der Waals surface area contributed by atoms with Gasteiger partial charge in [0.15, 0.2) is 0 Å². The number of thiazole rings is 1. The number of ether oxygens (including phenoxy) is 1. The van der Waals surface area contributed by atoms with Gasteiger partial charge in [-0.05, 0) is 18.2 Å². The Morgan fingerprint density at radius 1 is 1.18 bits per heavy atom. The van der Waals surface area contributed by atoms with E-state index in [-0.39, 0.29) is 22.0 Å². The summed E-state index contributed by atoms with van der Waals surface area (Å²) >= 11 is 7.24. The van der Waals surface area contributed by atoms with Crippen LogP contribution in [0.15, 0.2) is 77.2 Å². The standard InChI is InChI=1S/C23H14ClFN4O4S/c24-17-7-4-8-18(25)21(17)22(30)33-20-10-9-16(29(31)32)11-15(20)12-26-28-23-27-19(13-34-23)14-5-2-1-3-6-14/h1-13H,(H,27,28). The van der Waals surface area contributed by atoms with Crippen LogP contribution in [0.25, 0.3) is 11.3 Å². The summed E-state index contributed by atoms with van der Waals surface area (Å²) < 4.78 is 19.3. The number of nitrogens with zero attached hydrogens (tertiary/aromatic N) is 3. The Morgan fingerprint density at radius 3 is 2.71 bits per heavy atom. The number of benzene rings is 3. The van der Waals surface area contributed by atoms with Crippen LogP contribution in [-0.2, 0) is 0 Å². The number of anilines is 1. The third-order valence-corrected chi connectivity index (χ3v) is 5.57. The van der Waals surface area contributed by atoms with E-state index in [2.05, 4.69) is 15.5 Å². The topological polar surface area (TPSA) is 107 Å². The van der Waals surface area contributed by atoms with Crippen LogP contribution in [0.5, 0.6) is 5.75 Å². The Morgan fingerprint density at radius 2 is 1.97 bits per heavy atom. The number of carbonyl (C=O) groups is 1. The van der Waals surface area contributed by atoms with Gasteiger partial charge >= 0.3 is 5.97 Å². The minimum Gasteiger partial charge on any atom is -0.422 e. The maximum Gasteiger partial charge on any atom is 0.348 e. The normalized spacial score (nSPS) is 10.9. The summed E-state index contributed by atoms with van der Waals surface area (Å²) in [4.78, 5) is 27.5. The summed E-state index contributed by atoms with van der Waals surface area (Å²) in [5.41, 5.74) is 3.87. The van der Waals surface area contributed by atoms with E-state index in [4.69, 9.17) is 16.3 Å². The zero-order valence-electron chi connectivity index (χ0n) is 17.1. The van der Waals surface area contributed by atoms with Gasteiger partial charge in [-0.25, -0.2) is 14.2 Å². The Bertz CT molecular complexity index is 1370. The molecule has 4 rings (SSSR count). The molecule has 8 nitrogen and oxygen atoms in total. The fourth-order valence-corrected chi connectivity index (χ4v) is 3.82. The van der Waals surface area contributed by atoms with Crippen molar-refractivity contribution in [3.8, 4) is 17.0 Å². The van der Waals surface area contributed by atoms with E-state index in [1.807, 2.05) is 35.7 Å². The predicted octanol–water partition coefficient (Wildman–Crippen LogP) is 6.18. The number of rotatable bonds is 7. The first-order chi connectivity index (χ1) is 16.4. The van der Waals surface area contributed by atoms with Crippen LogP contribution in [0.1, 0.15) is 15.9 Å². The van der Waals surface area contributed by atoms with Crippen molar-refractivity contribution < 1.29 is 18.8 Å². The Hall–Kier alpha value is -4.15. The van der Waals surface area contributed by atoms with Gasteiger partial charge in [0.05, 0.1) is 21.9 Å². The minimum absolute atomic E-state index is 0.0652. The molecule has 0 aliphatic heterocycles. The van der Waals surface area contributed by atoms with E-state index in [1.54, 1.807) is 0 Å². The van der Waals surface area contributed by atoms with Gasteiger partial charge in [0.2, 0.25) is 5.13 Å². The van der Waals surface area contributed by atoms with E-state index in [0.717, 1.165) is 23.4 Å². The second-order valence-electron chi connectivity index (χ2n) is 6.74. The van der Waals surface area contributed by atoms with E-state index >= 15 is 0 Å². The van der Waals surface area contributed by atoms with Gasteiger partial charge in [0.1, 0.15) is 17.1 Å². The molecule has 0 aliphatic rings. The van der Waals surface area contributed by atoms with Crippen LogP contribution in [0.4, 0.5) is 15.2 Å². The molecular weight excluding hydrogens is 483 g/mol. The number of esters is 1. The number of hydrogen-bond acceptors (Lipinski definition) is 8. The van der Waals surface area contributed by atoms with Crippen LogP contribution < -0.4 is 10.2 Å². The minimum atomic E-state index is -1.05. The van der Waals surface area contributed by atoms with Gasteiger partial charge in [0.25, 0.3) is 5.69 Å². The zero-order valence-corrected chi connectivity index (χ0v) is 18.7. The summed E-state index contributed by atoms with van der Waals surface area (Å²) in [5, 5.41) is 17.5. The third kappa shape index (κ3) is 5.25. The fraction of sp³-hybridized carbons (Fsp3) is 0. The molecule has 11 heteroatoms. The first kappa shape index (κ1) is 23.0. The number of hydrazone groups is 1. The predicted molar refractivity (Wildman–Crippen MR) is 128 cm³/mol. The van der Waals surface area contributed by atoms with Crippen molar-refractivity contribution in [2.45, 2.75) is 0 Å². The number of non-ortho nitro benzene ring substituents is 1. The molecular formula is C23H14ClFN4O4S. The molecule has 0 amide bonds. The molecule has 0 aliphatic carbocycles. The summed E-state index contributed by atoms with van der Waals surface area (Å²) in [7, 11) is 0. The van der Waals surface area contributed by atoms with Gasteiger partial charge in [-0.1, -0.05) is 48.0 Å². The number of nitro benzene ring substituents is 1. The largest absolute Gasteiger partial charge is 0.422 e. The van der Waals surface area contributed by atoms with Crippen molar-refractivity contribution in [2.24, 2.45) is 5.10 Å². The fourth-order valence-electron chi connectivity index (χ4n) is 2.91. The van der Waals surface area contributed by atoms with Gasteiger partial charge in [-0.15, -0.1) is 11.3 Å². The Kier molecular flexibility index (Phi) is 6.90. The maximum absolute atomic E-state index is 14.1. The zero-order chi connectivity index (χ0) is 24.1. The molecule has 3 aromatic carbocycles. The second-order valence-corrected chi connectivity index (χ2v) is 8.00. The molecule has 4 aromatic rings. The number of aromatic nitrogens is 1. The Labute approximate surface area is 201 Å². The highest BCUT2D eigenvalue weighted by Gasteiger charge is 2.20. The van der Waals surface area contributed by atoms with Crippen LogP contribution in [0.2, 0.25) is 5.02 Å². The van der Waals surface area contributed by atoms with Crippen molar-refractivity contribution in [3.63, 3.8) is 0 Å². The van der Waals surface area contributed by atoms with Gasteiger partial charge in [-0.2, -0.15) is 5.10 Å². The molecule has 0 saturated carbocycles. The van der Waals surface area contributed by atoms with E-state index < -0.39 is 22.3 Å². The molecule has 0 fully saturated rings. The molecule has 1 aromatic heterocycles. The molecule has 1 N–H and O–H groups in total. The average molecular weight is 497 g/mol. The smallest absolute Gasteiger partial charge is 0.348 e. The molecule has 170 valence electrons. The van der Waals surface area contributed by atoms with Crippen molar-refractivity contribution >= 4 is 45.9 Å². The lowest BCUT2D eigenvalue weighted by molar-refractivity contribution is -0.384. The van der Waals surface area contributed by atoms with E-state index in [1.165, 1.54) is 41.8 Å². The lowest BCUT2D eigenvalue weighted by Crippen LogP contribution is -2.12. The van der Waals surface area contributed by atoms with Crippen molar-refractivity contribution in [1.82, 2.24) is 4.98 Å². The van der Waals surface area contributed by atoms with Crippen LogP contribution in [-0.4, -0.2) is 22.1 Å². The first-order valence-corrected chi connectivity index (χ1v) is 10.9. The lowest BCUT2D eigenvalue weighted by atomic mass is 10.2. The van der Waals surface area contributed by atoms with Crippen LogP contribution in [0.3, 0.4) is 0 Å². The van der Waals surface area contributed by atoms with Crippen LogP contribution >= 0.6 is 22.9 Å². The van der Waals surface area contributed by atoms with Crippen molar-refractivity contribution in [3.05, 3.63) is 104 Å². The van der Waals surface area contributed by atoms with Gasteiger partial charge in [0, 0.05) is 28.6 Å². The highest BCUT2D eigenvalue weighted by molar-refractivity contribution is 7.14. The van der Waals surface area contributed by atoms with E-state index in [9.17, 15) is 19.3 Å². The van der Waals surface area contributed by atoms with Crippen LogP contribution in [0, 0.1) is 15.9 Å². The van der Waals surface area contributed by atoms with Gasteiger partial charge < -0.3 is 4.74 Å². The SMILES string of the molecule is O=C(Oc1ccc([N+](=O)[O-])cc1C=NNc1nc(-c2ccccc2)cs1)c1c(F)cccc1Cl. The third-order valence-electron chi connectivity index (χ3n) is 4.51. The van der Waals surface area contributed by atoms with E-state index in [0.29, 0.717) is 5.13 Å². The lowest BCUT2D eigenvalue weighted by Gasteiger charge is -2.09.